The number of hydrogen-bond acceptors (Lipinski definition) is 5. The average Bonchev–Trinajstić information content (AvgIpc) is 2.93. The van der Waals surface area contributed by atoms with Crippen LogP contribution in [0.3, 0.4) is 0 Å². The van der Waals surface area contributed by atoms with Gasteiger partial charge in [0.1, 0.15) is 5.69 Å². The third-order valence-electron chi connectivity index (χ3n) is 3.04. The van der Waals surface area contributed by atoms with E-state index < -0.39 is 10.9 Å². The molecule has 0 amide bonds. The number of non-ortho nitro benzene ring substituents is 1. The molecule has 21 heavy (non-hydrogen) atoms. The van der Waals surface area contributed by atoms with E-state index in [0.717, 1.165) is 16.9 Å². The van der Waals surface area contributed by atoms with E-state index in [0.29, 0.717) is 12.2 Å². The summed E-state index contributed by atoms with van der Waals surface area (Å²) >= 11 is 0. The van der Waals surface area contributed by atoms with Crippen molar-refractivity contribution in [1.29, 1.82) is 0 Å². The number of nitrogens with one attached hydrogen (secondary N) is 2. The van der Waals surface area contributed by atoms with Crippen LogP contribution in [-0.4, -0.2) is 23.0 Å². The number of carbonyl (C=O) groups is 1. The number of hydrogen-bond donors (Lipinski definition) is 2. The molecule has 2 aromatic rings. The molecule has 0 atom stereocenters. The molecule has 0 aliphatic rings. The van der Waals surface area contributed by atoms with Crippen LogP contribution in [0.25, 0.3) is 0 Å². The molecule has 0 radical (unpaired) electrons. The summed E-state index contributed by atoms with van der Waals surface area (Å²) in [7, 11) is 1.32. The SMILES string of the molecule is COC(=O)c1ccc(CNc2ccc([N+](=O)[O-])cc2C)[nH]1. The minimum atomic E-state index is -0.426. The van der Waals surface area contributed by atoms with E-state index in [2.05, 4.69) is 15.0 Å². The van der Waals surface area contributed by atoms with Gasteiger partial charge in [-0.3, -0.25) is 10.1 Å². The number of benzene rings is 1. The van der Waals surface area contributed by atoms with Crippen LogP contribution < -0.4 is 5.32 Å². The molecular weight excluding hydrogens is 274 g/mol. The number of nitro groups is 1. The van der Waals surface area contributed by atoms with Crippen LogP contribution in [0.1, 0.15) is 21.7 Å². The molecule has 0 spiro atoms. The Bertz CT molecular complexity index is 679. The van der Waals surface area contributed by atoms with Crippen molar-refractivity contribution in [3.05, 3.63) is 57.4 Å². The van der Waals surface area contributed by atoms with Crippen molar-refractivity contribution in [2.45, 2.75) is 13.5 Å². The molecular formula is C14H15N3O4. The van der Waals surface area contributed by atoms with Crippen LogP contribution in [0.2, 0.25) is 0 Å². The van der Waals surface area contributed by atoms with Gasteiger partial charge in [-0.05, 0) is 30.7 Å². The molecule has 0 aliphatic heterocycles. The van der Waals surface area contributed by atoms with E-state index in [1.165, 1.54) is 19.2 Å². The molecule has 7 heteroatoms. The second kappa shape index (κ2) is 6.08. The van der Waals surface area contributed by atoms with Crippen molar-refractivity contribution >= 4 is 17.3 Å². The lowest BCUT2D eigenvalue weighted by Gasteiger charge is -2.08. The first-order chi connectivity index (χ1) is 10.0. The maximum absolute atomic E-state index is 11.3. The summed E-state index contributed by atoms with van der Waals surface area (Å²) in [5, 5.41) is 13.8. The molecule has 0 saturated carbocycles. The lowest BCUT2D eigenvalue weighted by Crippen LogP contribution is -2.04. The van der Waals surface area contributed by atoms with E-state index >= 15 is 0 Å². The monoisotopic (exact) mass is 289 g/mol. The van der Waals surface area contributed by atoms with Crippen LogP contribution in [0.15, 0.2) is 30.3 Å². The summed E-state index contributed by atoms with van der Waals surface area (Å²) in [5.41, 5.74) is 2.84. The molecule has 110 valence electrons. The fraction of sp³-hybridized carbons (Fsp3) is 0.214. The quantitative estimate of drug-likeness (QED) is 0.501. The molecule has 0 aliphatic carbocycles. The van der Waals surface area contributed by atoms with Crippen molar-refractivity contribution in [2.75, 3.05) is 12.4 Å². The van der Waals surface area contributed by atoms with Gasteiger partial charge in [-0.25, -0.2) is 4.79 Å². The Labute approximate surface area is 121 Å². The number of methoxy groups -OCH3 is 1. The van der Waals surface area contributed by atoms with Crippen LogP contribution in [0.4, 0.5) is 11.4 Å². The standard InChI is InChI=1S/C14H15N3O4/c1-9-7-11(17(19)20)4-6-12(9)15-8-10-3-5-13(16-10)14(18)21-2/h3-7,15-16H,8H2,1-2H3. The second-order valence-corrected chi connectivity index (χ2v) is 4.50. The minimum Gasteiger partial charge on any atom is -0.464 e. The summed E-state index contributed by atoms with van der Waals surface area (Å²) in [6.07, 6.45) is 0. The minimum absolute atomic E-state index is 0.0610. The zero-order valence-electron chi connectivity index (χ0n) is 11.7. The normalized spacial score (nSPS) is 10.2. The molecule has 2 rings (SSSR count). The van der Waals surface area contributed by atoms with Crippen LogP contribution in [0.5, 0.6) is 0 Å². The van der Waals surface area contributed by atoms with Crippen LogP contribution >= 0.6 is 0 Å². The predicted octanol–water partition coefficient (Wildman–Crippen LogP) is 2.63. The van der Waals surface area contributed by atoms with Crippen molar-refractivity contribution in [3.8, 4) is 0 Å². The Kier molecular flexibility index (Phi) is 4.22. The molecule has 0 fully saturated rings. The second-order valence-electron chi connectivity index (χ2n) is 4.50. The Morgan fingerprint density at radius 1 is 1.38 bits per heavy atom. The zero-order valence-corrected chi connectivity index (χ0v) is 11.7. The zero-order chi connectivity index (χ0) is 15.4. The average molecular weight is 289 g/mol. The molecule has 1 aromatic heterocycles. The number of nitro benzene ring substituents is 1. The summed E-state index contributed by atoms with van der Waals surface area (Å²) in [5.74, 6) is -0.423. The van der Waals surface area contributed by atoms with E-state index in [-0.39, 0.29) is 5.69 Å². The Hall–Kier alpha value is -2.83. The van der Waals surface area contributed by atoms with E-state index in [9.17, 15) is 14.9 Å². The van der Waals surface area contributed by atoms with Gasteiger partial charge >= 0.3 is 5.97 Å². The first-order valence-electron chi connectivity index (χ1n) is 6.26. The Balaban J connectivity index is 2.04. The number of aryl methyl sites for hydroxylation is 1. The molecule has 0 bridgehead atoms. The number of esters is 1. The van der Waals surface area contributed by atoms with E-state index in [1.54, 1.807) is 25.1 Å². The number of H-pyrrole nitrogens is 1. The maximum Gasteiger partial charge on any atom is 0.354 e. The highest BCUT2D eigenvalue weighted by Crippen LogP contribution is 2.21. The largest absolute Gasteiger partial charge is 0.464 e. The number of carbonyl (C=O) groups excluding carboxylic acids is 1. The highest BCUT2D eigenvalue weighted by Gasteiger charge is 2.10. The third kappa shape index (κ3) is 3.38. The predicted molar refractivity (Wildman–Crippen MR) is 77.3 cm³/mol. The van der Waals surface area contributed by atoms with Crippen molar-refractivity contribution in [2.24, 2.45) is 0 Å². The lowest BCUT2D eigenvalue weighted by molar-refractivity contribution is -0.384. The molecule has 7 nitrogen and oxygen atoms in total. The van der Waals surface area contributed by atoms with Crippen molar-refractivity contribution in [3.63, 3.8) is 0 Å². The van der Waals surface area contributed by atoms with Gasteiger partial charge < -0.3 is 15.0 Å². The molecule has 1 heterocycles. The smallest absolute Gasteiger partial charge is 0.354 e. The summed E-state index contributed by atoms with van der Waals surface area (Å²) in [6, 6.07) is 8.05. The summed E-state index contributed by atoms with van der Waals surface area (Å²) < 4.78 is 4.61. The summed E-state index contributed by atoms with van der Waals surface area (Å²) in [4.78, 5) is 24.5. The number of aromatic nitrogens is 1. The molecule has 2 N–H and O–H groups in total. The lowest BCUT2D eigenvalue weighted by atomic mass is 10.2. The molecule has 0 saturated heterocycles. The fourth-order valence-electron chi connectivity index (χ4n) is 1.92. The van der Waals surface area contributed by atoms with Crippen LogP contribution in [-0.2, 0) is 11.3 Å². The highest BCUT2D eigenvalue weighted by atomic mass is 16.6. The van der Waals surface area contributed by atoms with Crippen molar-refractivity contribution < 1.29 is 14.5 Å². The van der Waals surface area contributed by atoms with Crippen molar-refractivity contribution in [1.82, 2.24) is 4.98 Å². The third-order valence-corrected chi connectivity index (χ3v) is 3.04. The van der Waals surface area contributed by atoms with E-state index in [4.69, 9.17) is 0 Å². The number of rotatable bonds is 5. The number of aromatic amines is 1. The van der Waals surface area contributed by atoms with Gasteiger partial charge in [-0.15, -0.1) is 0 Å². The number of ether oxygens (including phenoxy) is 1. The first kappa shape index (κ1) is 14.6. The van der Waals surface area contributed by atoms with Gasteiger partial charge in [0.05, 0.1) is 18.6 Å². The van der Waals surface area contributed by atoms with Gasteiger partial charge in [-0.2, -0.15) is 0 Å². The van der Waals surface area contributed by atoms with Gasteiger partial charge in [0.2, 0.25) is 0 Å². The van der Waals surface area contributed by atoms with Gasteiger partial charge in [-0.1, -0.05) is 0 Å². The Morgan fingerprint density at radius 3 is 2.76 bits per heavy atom. The fourth-order valence-corrected chi connectivity index (χ4v) is 1.92. The Morgan fingerprint density at radius 2 is 2.14 bits per heavy atom. The van der Waals surface area contributed by atoms with Gasteiger partial charge in [0.15, 0.2) is 0 Å². The van der Waals surface area contributed by atoms with Gasteiger partial charge in [0.25, 0.3) is 5.69 Å². The van der Waals surface area contributed by atoms with Crippen LogP contribution in [0, 0.1) is 17.0 Å². The van der Waals surface area contributed by atoms with E-state index in [1.807, 2.05) is 0 Å². The summed E-state index contributed by atoms with van der Waals surface area (Å²) in [6.45, 7) is 2.26. The maximum atomic E-state index is 11.3. The first-order valence-corrected chi connectivity index (χ1v) is 6.26. The molecule has 0 unspecified atom stereocenters. The highest BCUT2D eigenvalue weighted by molar-refractivity contribution is 5.87. The number of anilines is 1. The number of nitrogens with zero attached hydrogens (tertiary/aromatic N) is 1. The van der Waals surface area contributed by atoms with Gasteiger partial charge in [0, 0.05) is 23.5 Å². The topological polar surface area (TPSA) is 97.3 Å². The molecule has 1 aromatic carbocycles.